The number of halogens is 1. The molecule has 0 aliphatic carbocycles. The zero-order valence-corrected chi connectivity index (χ0v) is 11.6. The van der Waals surface area contributed by atoms with Gasteiger partial charge in [0.2, 0.25) is 5.91 Å². The molecular weight excluding hydrogens is 276 g/mol. The molecule has 0 aromatic heterocycles. The molecule has 0 spiro atoms. The van der Waals surface area contributed by atoms with Gasteiger partial charge in [-0.25, -0.2) is 8.42 Å². The van der Waals surface area contributed by atoms with Gasteiger partial charge < -0.3 is 11.1 Å². The Morgan fingerprint density at radius 1 is 1.33 bits per heavy atom. The zero-order valence-electron chi connectivity index (χ0n) is 10.00. The number of hydrogen-bond donors (Lipinski definition) is 2. The van der Waals surface area contributed by atoms with E-state index in [1.54, 1.807) is 25.1 Å². The van der Waals surface area contributed by atoms with Gasteiger partial charge in [0.25, 0.3) is 0 Å². The van der Waals surface area contributed by atoms with Crippen LogP contribution in [0.4, 0.5) is 0 Å². The van der Waals surface area contributed by atoms with Gasteiger partial charge in [-0.3, -0.25) is 4.79 Å². The van der Waals surface area contributed by atoms with Gasteiger partial charge in [0.15, 0.2) is 9.84 Å². The van der Waals surface area contributed by atoms with Crippen LogP contribution in [-0.4, -0.2) is 32.7 Å². The van der Waals surface area contributed by atoms with Crippen LogP contribution in [0, 0.1) is 0 Å². The summed E-state index contributed by atoms with van der Waals surface area (Å²) < 4.78 is 23.6. The van der Waals surface area contributed by atoms with Gasteiger partial charge in [0, 0.05) is 6.54 Å². The lowest BCUT2D eigenvalue weighted by molar-refractivity contribution is -0.121. The third kappa shape index (κ3) is 5.03. The first kappa shape index (κ1) is 16.9. The Bertz CT molecular complexity index is 474. The molecule has 1 rings (SSSR count). The third-order valence-corrected chi connectivity index (χ3v) is 3.92. The highest BCUT2D eigenvalue weighted by Gasteiger charge is 2.14. The van der Waals surface area contributed by atoms with Crippen molar-refractivity contribution in [2.24, 2.45) is 5.73 Å². The Hall–Kier alpha value is -1.11. The van der Waals surface area contributed by atoms with Gasteiger partial charge in [0.1, 0.15) is 0 Å². The van der Waals surface area contributed by atoms with Crippen LogP contribution in [-0.2, 0) is 14.6 Å². The molecule has 7 heteroatoms. The van der Waals surface area contributed by atoms with E-state index in [-0.39, 0.29) is 35.5 Å². The summed E-state index contributed by atoms with van der Waals surface area (Å²) in [7, 11) is -3.34. The van der Waals surface area contributed by atoms with E-state index in [1.165, 1.54) is 12.1 Å². The first-order chi connectivity index (χ1) is 7.93. The summed E-state index contributed by atoms with van der Waals surface area (Å²) >= 11 is 0. The maximum absolute atomic E-state index is 11.8. The second-order valence-corrected chi connectivity index (χ2v) is 5.82. The number of nitrogens with two attached hydrogens (primary N) is 1. The topological polar surface area (TPSA) is 89.3 Å². The van der Waals surface area contributed by atoms with E-state index < -0.39 is 15.9 Å². The molecule has 1 amide bonds. The van der Waals surface area contributed by atoms with Gasteiger partial charge in [-0.05, 0) is 19.1 Å². The number of benzene rings is 1. The molecule has 0 fully saturated rings. The minimum atomic E-state index is -3.34. The molecule has 0 aliphatic heterocycles. The minimum Gasteiger partial charge on any atom is -0.354 e. The summed E-state index contributed by atoms with van der Waals surface area (Å²) in [6.07, 6.45) is 0. The van der Waals surface area contributed by atoms with E-state index in [0.29, 0.717) is 0 Å². The van der Waals surface area contributed by atoms with Crippen molar-refractivity contribution in [2.75, 3.05) is 12.3 Å². The molecule has 0 saturated heterocycles. The zero-order chi connectivity index (χ0) is 12.9. The van der Waals surface area contributed by atoms with E-state index >= 15 is 0 Å². The molecule has 0 saturated carbocycles. The third-order valence-electron chi connectivity index (χ3n) is 2.19. The number of amides is 1. The summed E-state index contributed by atoms with van der Waals surface area (Å²) in [6, 6.07) is 7.50. The van der Waals surface area contributed by atoms with Gasteiger partial charge in [0.05, 0.1) is 16.7 Å². The lowest BCUT2D eigenvalue weighted by Crippen LogP contribution is -2.40. The highest BCUT2D eigenvalue weighted by Crippen LogP contribution is 2.09. The largest absolute Gasteiger partial charge is 0.354 e. The quantitative estimate of drug-likeness (QED) is 0.819. The van der Waals surface area contributed by atoms with Crippen molar-refractivity contribution in [3.05, 3.63) is 30.3 Å². The maximum atomic E-state index is 11.8. The number of sulfone groups is 1. The Morgan fingerprint density at radius 2 is 1.89 bits per heavy atom. The summed E-state index contributed by atoms with van der Waals surface area (Å²) in [4.78, 5) is 11.4. The molecule has 1 aromatic carbocycles. The van der Waals surface area contributed by atoms with Crippen LogP contribution in [0.3, 0.4) is 0 Å². The van der Waals surface area contributed by atoms with E-state index in [9.17, 15) is 13.2 Å². The Morgan fingerprint density at radius 3 is 2.39 bits per heavy atom. The van der Waals surface area contributed by atoms with Crippen LogP contribution in [0.25, 0.3) is 0 Å². The van der Waals surface area contributed by atoms with Gasteiger partial charge in [-0.1, -0.05) is 18.2 Å². The van der Waals surface area contributed by atoms with E-state index in [0.717, 1.165) is 0 Å². The SMILES string of the molecule is C[C@@H](N)C(=O)NCCS(=O)(=O)c1ccccc1.Cl. The highest BCUT2D eigenvalue weighted by molar-refractivity contribution is 7.91. The molecule has 18 heavy (non-hydrogen) atoms. The van der Waals surface area contributed by atoms with Crippen LogP contribution in [0.5, 0.6) is 0 Å². The van der Waals surface area contributed by atoms with Crippen LogP contribution >= 0.6 is 12.4 Å². The standard InChI is InChI=1S/C11H16N2O3S.ClH/c1-9(12)11(14)13-7-8-17(15,16)10-5-3-2-4-6-10;/h2-6,9H,7-8,12H2,1H3,(H,13,14);1H/t9-;/m1./s1. The molecular formula is C11H17ClN2O3S. The number of hydrogen-bond acceptors (Lipinski definition) is 4. The average molecular weight is 293 g/mol. The van der Waals surface area contributed by atoms with Crippen molar-refractivity contribution in [3.63, 3.8) is 0 Å². The normalized spacial score (nSPS) is 12.3. The van der Waals surface area contributed by atoms with E-state index in [4.69, 9.17) is 5.73 Å². The van der Waals surface area contributed by atoms with Crippen molar-refractivity contribution in [1.29, 1.82) is 0 Å². The van der Waals surface area contributed by atoms with Crippen LogP contribution < -0.4 is 11.1 Å². The molecule has 0 heterocycles. The van der Waals surface area contributed by atoms with E-state index in [2.05, 4.69) is 5.32 Å². The summed E-state index contributed by atoms with van der Waals surface area (Å²) in [5, 5.41) is 2.46. The second kappa shape index (κ2) is 7.35. The predicted octanol–water partition coefficient (Wildman–Crippen LogP) is 0.346. The fourth-order valence-corrected chi connectivity index (χ4v) is 2.39. The van der Waals surface area contributed by atoms with Gasteiger partial charge in [-0.2, -0.15) is 0 Å². The molecule has 0 unspecified atom stereocenters. The van der Waals surface area contributed by atoms with Crippen molar-refractivity contribution < 1.29 is 13.2 Å². The lowest BCUT2D eigenvalue weighted by Gasteiger charge is -2.08. The second-order valence-electron chi connectivity index (χ2n) is 3.71. The number of carbonyl (C=O) groups is 1. The fraction of sp³-hybridized carbons (Fsp3) is 0.364. The first-order valence-corrected chi connectivity index (χ1v) is 6.90. The molecule has 3 N–H and O–H groups in total. The molecule has 1 atom stereocenters. The molecule has 0 radical (unpaired) electrons. The Labute approximate surface area is 113 Å². The molecule has 1 aromatic rings. The smallest absolute Gasteiger partial charge is 0.236 e. The van der Waals surface area contributed by atoms with Crippen LogP contribution in [0.15, 0.2) is 35.2 Å². The van der Waals surface area contributed by atoms with Gasteiger partial charge in [-0.15, -0.1) is 12.4 Å². The average Bonchev–Trinajstić information content (AvgIpc) is 2.29. The molecule has 5 nitrogen and oxygen atoms in total. The summed E-state index contributed by atoms with van der Waals surface area (Å²) in [5.74, 6) is -0.483. The number of carbonyl (C=O) groups excluding carboxylic acids is 1. The lowest BCUT2D eigenvalue weighted by atomic mass is 10.3. The minimum absolute atomic E-state index is 0. The monoisotopic (exact) mass is 292 g/mol. The van der Waals surface area contributed by atoms with E-state index in [1.807, 2.05) is 0 Å². The highest BCUT2D eigenvalue weighted by atomic mass is 35.5. The Kier molecular flexibility index (Phi) is 6.90. The Balaban J connectivity index is 0.00000289. The van der Waals surface area contributed by atoms with Crippen molar-refractivity contribution in [2.45, 2.75) is 17.9 Å². The summed E-state index contributed by atoms with van der Waals surface area (Å²) in [5.41, 5.74) is 5.34. The van der Waals surface area contributed by atoms with Crippen LogP contribution in [0.1, 0.15) is 6.92 Å². The van der Waals surface area contributed by atoms with Crippen molar-refractivity contribution in [3.8, 4) is 0 Å². The van der Waals surface area contributed by atoms with Gasteiger partial charge >= 0.3 is 0 Å². The first-order valence-electron chi connectivity index (χ1n) is 5.24. The predicted molar refractivity (Wildman–Crippen MR) is 72.4 cm³/mol. The molecule has 0 bridgehead atoms. The number of rotatable bonds is 5. The summed E-state index contributed by atoms with van der Waals surface area (Å²) in [6.45, 7) is 1.61. The van der Waals surface area contributed by atoms with Crippen molar-refractivity contribution in [1.82, 2.24) is 5.32 Å². The van der Waals surface area contributed by atoms with Crippen molar-refractivity contribution >= 4 is 28.2 Å². The molecule has 0 aliphatic rings. The van der Waals surface area contributed by atoms with Crippen LogP contribution in [0.2, 0.25) is 0 Å². The fourth-order valence-electron chi connectivity index (χ4n) is 1.22. The maximum Gasteiger partial charge on any atom is 0.236 e. The molecule has 102 valence electrons. The number of nitrogens with one attached hydrogen (secondary N) is 1.